The lowest BCUT2D eigenvalue weighted by Crippen LogP contribution is -2.45. The van der Waals surface area contributed by atoms with Crippen molar-refractivity contribution in [3.63, 3.8) is 0 Å². The monoisotopic (exact) mass is 607 g/mol. The molecule has 6 rings (SSSR count). The molecule has 2 unspecified atom stereocenters. The molecule has 1 saturated carbocycles. The van der Waals surface area contributed by atoms with E-state index in [4.69, 9.17) is 9.47 Å². The van der Waals surface area contributed by atoms with Crippen molar-refractivity contribution in [2.24, 2.45) is 5.92 Å². The van der Waals surface area contributed by atoms with Crippen molar-refractivity contribution in [2.45, 2.75) is 57.7 Å². The molecule has 7 heteroatoms. The summed E-state index contributed by atoms with van der Waals surface area (Å²) in [5.74, 6) is 0.246. The lowest BCUT2D eigenvalue weighted by Gasteiger charge is -2.35. The zero-order chi connectivity index (χ0) is 31.6. The number of carbonyl (C=O) groups is 2. The van der Waals surface area contributed by atoms with Crippen molar-refractivity contribution in [1.82, 2.24) is 14.7 Å². The SMILES string of the molecule is COCCN1C=C(CN(C(=O)C2=C(c3cccc(-c4ccccc4)c3)CCN(C(=O)OC(C)(C)C)C2)C2CC2)C2C=CC=CC21. The number of ether oxygens (including phenoxy) is 2. The second-order valence-corrected chi connectivity index (χ2v) is 13.4. The largest absolute Gasteiger partial charge is 0.444 e. The van der Waals surface area contributed by atoms with Crippen LogP contribution in [0.5, 0.6) is 0 Å². The van der Waals surface area contributed by atoms with E-state index in [1.54, 1.807) is 12.0 Å². The van der Waals surface area contributed by atoms with Gasteiger partial charge in [0, 0.05) is 50.5 Å². The predicted molar refractivity (Wildman–Crippen MR) is 178 cm³/mol. The third-order valence-electron chi connectivity index (χ3n) is 8.98. The molecule has 2 aliphatic heterocycles. The van der Waals surface area contributed by atoms with Crippen molar-refractivity contribution in [1.29, 1.82) is 0 Å². The molecule has 0 saturated heterocycles. The predicted octanol–water partition coefficient (Wildman–Crippen LogP) is 6.70. The van der Waals surface area contributed by atoms with Crippen LogP contribution >= 0.6 is 0 Å². The number of rotatable bonds is 9. The first-order chi connectivity index (χ1) is 21.7. The second-order valence-electron chi connectivity index (χ2n) is 13.4. The zero-order valence-corrected chi connectivity index (χ0v) is 26.9. The van der Waals surface area contributed by atoms with Gasteiger partial charge in [-0.05, 0) is 73.9 Å². The van der Waals surface area contributed by atoms with E-state index in [9.17, 15) is 9.59 Å². The molecule has 0 N–H and O–H groups in total. The summed E-state index contributed by atoms with van der Waals surface area (Å²) < 4.78 is 11.1. The molecule has 2 amide bonds. The standard InChI is InChI=1S/C38H45N3O4/c1-38(2,3)45-37(43)40-20-19-32(29-14-10-13-28(23-29)27-11-6-5-7-12-27)34(26-40)36(42)41(31-17-18-31)25-30-24-39(21-22-44-4)35-16-9-8-15-33(30)35/h5-16,23-24,31,33,35H,17-22,25-26H2,1-4H3. The Kier molecular flexibility index (Phi) is 8.99. The number of hydrogen-bond donors (Lipinski definition) is 0. The molecule has 2 atom stereocenters. The molecule has 7 nitrogen and oxygen atoms in total. The van der Waals surface area contributed by atoms with E-state index in [0.29, 0.717) is 31.7 Å². The number of carbonyl (C=O) groups excluding carboxylic acids is 2. The molecule has 0 spiro atoms. The summed E-state index contributed by atoms with van der Waals surface area (Å²) in [5.41, 5.74) is 5.61. The number of amides is 2. The van der Waals surface area contributed by atoms with Gasteiger partial charge in [0.05, 0.1) is 19.2 Å². The first-order valence-corrected chi connectivity index (χ1v) is 16.2. The van der Waals surface area contributed by atoms with Crippen LogP contribution in [0.15, 0.2) is 96.2 Å². The van der Waals surface area contributed by atoms with Crippen LogP contribution in [0.1, 0.15) is 45.6 Å². The van der Waals surface area contributed by atoms with E-state index in [2.05, 4.69) is 76.7 Å². The molecule has 236 valence electrons. The third kappa shape index (κ3) is 7.09. The van der Waals surface area contributed by atoms with Gasteiger partial charge in [-0.25, -0.2) is 4.79 Å². The van der Waals surface area contributed by atoms with Gasteiger partial charge in [-0.3, -0.25) is 4.79 Å². The fourth-order valence-electron chi connectivity index (χ4n) is 6.60. The van der Waals surface area contributed by atoms with E-state index in [1.165, 1.54) is 5.57 Å². The van der Waals surface area contributed by atoms with Crippen LogP contribution in [0.3, 0.4) is 0 Å². The maximum absolute atomic E-state index is 14.8. The Labute approximate surface area is 267 Å². The van der Waals surface area contributed by atoms with Gasteiger partial charge in [-0.1, -0.05) is 72.8 Å². The van der Waals surface area contributed by atoms with Crippen LogP contribution in [-0.4, -0.2) is 84.3 Å². The molecule has 45 heavy (non-hydrogen) atoms. The lowest BCUT2D eigenvalue weighted by molar-refractivity contribution is -0.127. The number of methoxy groups -OCH3 is 1. The van der Waals surface area contributed by atoms with Crippen LogP contribution in [0.4, 0.5) is 4.79 Å². The molecule has 2 aliphatic carbocycles. The van der Waals surface area contributed by atoms with Crippen LogP contribution in [0.25, 0.3) is 16.7 Å². The maximum atomic E-state index is 14.8. The highest BCUT2D eigenvalue weighted by Gasteiger charge is 2.41. The Hall–Kier alpha value is -4.10. The number of benzene rings is 2. The molecular weight excluding hydrogens is 562 g/mol. The highest BCUT2D eigenvalue weighted by Crippen LogP contribution is 2.38. The minimum atomic E-state index is -0.614. The minimum absolute atomic E-state index is 0.0222. The average Bonchev–Trinajstić information content (AvgIpc) is 3.83. The second kappa shape index (κ2) is 13.1. The van der Waals surface area contributed by atoms with E-state index in [-0.39, 0.29) is 36.5 Å². The quantitative estimate of drug-likeness (QED) is 0.318. The van der Waals surface area contributed by atoms with E-state index in [0.717, 1.165) is 41.6 Å². The van der Waals surface area contributed by atoms with Crippen LogP contribution < -0.4 is 0 Å². The van der Waals surface area contributed by atoms with Gasteiger partial charge < -0.3 is 24.2 Å². The number of hydrogen-bond acceptors (Lipinski definition) is 5. The molecule has 0 bridgehead atoms. The highest BCUT2D eigenvalue weighted by atomic mass is 16.6. The van der Waals surface area contributed by atoms with Gasteiger partial charge in [0.2, 0.25) is 0 Å². The summed E-state index contributed by atoms with van der Waals surface area (Å²) in [6, 6.07) is 19.2. The fraction of sp³-hybridized carbons (Fsp3) is 0.421. The molecule has 2 aromatic rings. The van der Waals surface area contributed by atoms with Gasteiger partial charge in [-0.15, -0.1) is 0 Å². The Morgan fingerprint density at radius 2 is 1.69 bits per heavy atom. The van der Waals surface area contributed by atoms with Gasteiger partial charge in [0.15, 0.2) is 0 Å². The summed E-state index contributed by atoms with van der Waals surface area (Å²) in [4.78, 5) is 34.1. The van der Waals surface area contributed by atoms with Crippen molar-refractivity contribution in [3.05, 3.63) is 102 Å². The van der Waals surface area contributed by atoms with Crippen molar-refractivity contribution < 1.29 is 19.1 Å². The van der Waals surface area contributed by atoms with E-state index >= 15 is 0 Å². The van der Waals surface area contributed by atoms with E-state index < -0.39 is 5.60 Å². The highest BCUT2D eigenvalue weighted by molar-refractivity contribution is 6.03. The number of nitrogens with zero attached hydrogens (tertiary/aromatic N) is 3. The smallest absolute Gasteiger partial charge is 0.410 e. The van der Waals surface area contributed by atoms with Gasteiger partial charge >= 0.3 is 6.09 Å². The number of fused-ring (bicyclic) bond motifs is 1. The number of allylic oxidation sites excluding steroid dienone is 2. The third-order valence-corrected chi connectivity index (χ3v) is 8.98. The molecule has 0 radical (unpaired) electrons. The fourth-order valence-corrected chi connectivity index (χ4v) is 6.60. The summed E-state index contributed by atoms with van der Waals surface area (Å²) >= 11 is 0. The first-order valence-electron chi connectivity index (χ1n) is 16.2. The van der Waals surface area contributed by atoms with Crippen LogP contribution in [-0.2, 0) is 14.3 Å². The Morgan fingerprint density at radius 3 is 2.42 bits per heavy atom. The van der Waals surface area contributed by atoms with Gasteiger partial charge in [0.25, 0.3) is 5.91 Å². The summed E-state index contributed by atoms with van der Waals surface area (Å²) in [7, 11) is 1.73. The zero-order valence-electron chi connectivity index (χ0n) is 26.9. The Balaban J connectivity index is 1.34. The first kappa shape index (κ1) is 30.9. The molecule has 4 aliphatic rings. The van der Waals surface area contributed by atoms with Crippen LogP contribution in [0.2, 0.25) is 0 Å². The average molecular weight is 608 g/mol. The van der Waals surface area contributed by atoms with Crippen LogP contribution in [0, 0.1) is 5.92 Å². The van der Waals surface area contributed by atoms with Gasteiger partial charge in [-0.2, -0.15) is 0 Å². The maximum Gasteiger partial charge on any atom is 0.410 e. The van der Waals surface area contributed by atoms with Crippen molar-refractivity contribution >= 4 is 17.6 Å². The summed E-state index contributed by atoms with van der Waals surface area (Å²) in [6.07, 6.45) is 13.2. The van der Waals surface area contributed by atoms with E-state index in [1.807, 2.05) is 39.0 Å². The molecule has 2 aromatic carbocycles. The molecule has 1 fully saturated rings. The van der Waals surface area contributed by atoms with Crippen molar-refractivity contribution in [2.75, 3.05) is 39.9 Å². The normalized spacial score (nSPS) is 21.1. The Morgan fingerprint density at radius 1 is 0.956 bits per heavy atom. The van der Waals surface area contributed by atoms with Gasteiger partial charge in [0.1, 0.15) is 5.60 Å². The molecule has 0 aromatic heterocycles. The lowest BCUT2D eigenvalue weighted by atomic mass is 9.89. The molecule has 2 heterocycles. The molecular formula is C38H45N3O4. The minimum Gasteiger partial charge on any atom is -0.444 e. The summed E-state index contributed by atoms with van der Waals surface area (Å²) in [6.45, 7) is 8.37. The Bertz CT molecular complexity index is 1530. The topological polar surface area (TPSA) is 62.3 Å². The van der Waals surface area contributed by atoms with Crippen molar-refractivity contribution in [3.8, 4) is 11.1 Å². The summed E-state index contributed by atoms with van der Waals surface area (Å²) in [5, 5.41) is 0.